The maximum absolute atomic E-state index is 12.8. The average Bonchev–Trinajstić information content (AvgIpc) is 3.26. The molecule has 7 heteroatoms. The minimum absolute atomic E-state index is 0.0334. The molecule has 136 valence electrons. The largest absolute Gasteiger partial charge is 0.481 e. The van der Waals surface area contributed by atoms with Crippen molar-refractivity contribution in [1.29, 1.82) is 0 Å². The van der Waals surface area contributed by atoms with E-state index in [1.807, 2.05) is 24.1 Å². The number of pyridine rings is 1. The number of ether oxygens (including phenoxy) is 1. The van der Waals surface area contributed by atoms with E-state index in [-0.39, 0.29) is 17.1 Å². The van der Waals surface area contributed by atoms with Gasteiger partial charge in [0.15, 0.2) is 0 Å². The molecule has 2 aliphatic rings. The van der Waals surface area contributed by atoms with Crippen molar-refractivity contribution in [3.8, 4) is 5.88 Å². The summed E-state index contributed by atoms with van der Waals surface area (Å²) >= 11 is 1.49. The van der Waals surface area contributed by atoms with E-state index in [1.165, 1.54) is 24.6 Å². The van der Waals surface area contributed by atoms with Crippen molar-refractivity contribution in [1.82, 2.24) is 15.2 Å². The summed E-state index contributed by atoms with van der Waals surface area (Å²) in [6, 6.07) is 2.17. The number of hydrogen-bond acceptors (Lipinski definition) is 5. The lowest BCUT2D eigenvalue weighted by Gasteiger charge is -2.22. The zero-order chi connectivity index (χ0) is 18.0. The molecule has 0 saturated heterocycles. The van der Waals surface area contributed by atoms with E-state index in [1.54, 1.807) is 7.11 Å². The fraction of sp³-hybridized carbons (Fsp3) is 0.611. The van der Waals surface area contributed by atoms with E-state index >= 15 is 0 Å². The molecule has 1 aromatic rings. The third kappa shape index (κ3) is 3.61. The molecule has 0 aromatic carbocycles. The van der Waals surface area contributed by atoms with Crippen molar-refractivity contribution < 1.29 is 14.3 Å². The normalized spacial score (nSPS) is 18.4. The summed E-state index contributed by atoms with van der Waals surface area (Å²) in [6.07, 6.45) is 6.43. The third-order valence-electron chi connectivity index (χ3n) is 5.09. The molecule has 25 heavy (non-hydrogen) atoms. The minimum Gasteiger partial charge on any atom is -0.481 e. The van der Waals surface area contributed by atoms with Gasteiger partial charge in [-0.3, -0.25) is 9.59 Å². The number of fused-ring (bicyclic) bond motifs is 1. The number of methoxy groups -OCH3 is 1. The van der Waals surface area contributed by atoms with Crippen molar-refractivity contribution in [2.75, 3.05) is 13.4 Å². The molecule has 3 rings (SSSR count). The van der Waals surface area contributed by atoms with Gasteiger partial charge in [0.2, 0.25) is 11.8 Å². The van der Waals surface area contributed by atoms with Gasteiger partial charge in [-0.15, -0.1) is 0 Å². The van der Waals surface area contributed by atoms with Crippen LogP contribution in [0.5, 0.6) is 5.88 Å². The Morgan fingerprint density at radius 3 is 2.84 bits per heavy atom. The van der Waals surface area contributed by atoms with Gasteiger partial charge < -0.3 is 15.0 Å². The van der Waals surface area contributed by atoms with Crippen molar-refractivity contribution >= 4 is 23.6 Å². The molecule has 6 nitrogen and oxygen atoms in total. The number of nitrogens with one attached hydrogen (secondary N) is 1. The van der Waals surface area contributed by atoms with Gasteiger partial charge in [0.25, 0.3) is 5.91 Å². The van der Waals surface area contributed by atoms with Gasteiger partial charge in [-0.25, -0.2) is 4.98 Å². The SMILES string of the molecule is COc1nc2c(cc1CNC(=O)C(C)SC)C(=O)N(C1CCCC1)C2. The first-order valence-corrected chi connectivity index (χ1v) is 10.0. The van der Waals surface area contributed by atoms with Gasteiger partial charge in [0, 0.05) is 18.2 Å². The summed E-state index contributed by atoms with van der Waals surface area (Å²) in [5.74, 6) is 0.507. The quantitative estimate of drug-likeness (QED) is 0.840. The summed E-state index contributed by atoms with van der Waals surface area (Å²) in [5, 5.41) is 2.77. The summed E-state index contributed by atoms with van der Waals surface area (Å²) < 4.78 is 5.39. The van der Waals surface area contributed by atoms with Crippen LogP contribution in [0.3, 0.4) is 0 Å². The van der Waals surface area contributed by atoms with E-state index in [2.05, 4.69) is 10.3 Å². The van der Waals surface area contributed by atoms with E-state index in [4.69, 9.17) is 4.74 Å². The van der Waals surface area contributed by atoms with Crippen LogP contribution < -0.4 is 10.1 Å². The first kappa shape index (κ1) is 18.0. The van der Waals surface area contributed by atoms with E-state index < -0.39 is 0 Å². The maximum Gasteiger partial charge on any atom is 0.256 e. The predicted molar refractivity (Wildman–Crippen MR) is 97.7 cm³/mol. The van der Waals surface area contributed by atoms with E-state index in [0.29, 0.717) is 30.6 Å². The van der Waals surface area contributed by atoms with Gasteiger partial charge in [-0.2, -0.15) is 11.8 Å². The number of thioether (sulfide) groups is 1. The molecule has 1 unspecified atom stereocenters. The van der Waals surface area contributed by atoms with Crippen molar-refractivity contribution in [2.45, 2.75) is 57.0 Å². The Kier molecular flexibility index (Phi) is 5.51. The number of hydrogen-bond donors (Lipinski definition) is 1. The maximum atomic E-state index is 12.8. The van der Waals surface area contributed by atoms with Gasteiger partial charge >= 0.3 is 0 Å². The van der Waals surface area contributed by atoms with Crippen LogP contribution in [-0.2, 0) is 17.9 Å². The Morgan fingerprint density at radius 1 is 1.48 bits per heavy atom. The van der Waals surface area contributed by atoms with Crippen LogP contribution in [0.2, 0.25) is 0 Å². The highest BCUT2D eigenvalue weighted by atomic mass is 32.2. The summed E-state index contributed by atoms with van der Waals surface area (Å²) in [6.45, 7) is 2.73. The lowest BCUT2D eigenvalue weighted by atomic mass is 10.1. The summed E-state index contributed by atoms with van der Waals surface area (Å²) in [4.78, 5) is 31.3. The molecule has 0 spiro atoms. The number of amides is 2. The highest BCUT2D eigenvalue weighted by Gasteiger charge is 2.35. The fourth-order valence-electron chi connectivity index (χ4n) is 3.51. The summed E-state index contributed by atoms with van der Waals surface area (Å²) in [7, 11) is 1.57. The Morgan fingerprint density at radius 2 is 2.20 bits per heavy atom. The number of nitrogens with zero attached hydrogens (tertiary/aromatic N) is 2. The molecule has 0 bridgehead atoms. The molecule has 1 aromatic heterocycles. The molecule has 2 amide bonds. The van der Waals surface area contributed by atoms with Crippen LogP contribution in [0.1, 0.15) is 54.2 Å². The first-order chi connectivity index (χ1) is 12.0. The fourth-order valence-corrected chi connectivity index (χ4v) is 3.81. The van der Waals surface area contributed by atoms with Gasteiger partial charge in [0.1, 0.15) is 0 Å². The topological polar surface area (TPSA) is 71.5 Å². The monoisotopic (exact) mass is 363 g/mol. The van der Waals surface area contributed by atoms with Crippen molar-refractivity contribution in [3.63, 3.8) is 0 Å². The number of aromatic nitrogens is 1. The lowest BCUT2D eigenvalue weighted by molar-refractivity contribution is -0.120. The first-order valence-electron chi connectivity index (χ1n) is 8.73. The molecule has 0 radical (unpaired) electrons. The zero-order valence-electron chi connectivity index (χ0n) is 15.0. The van der Waals surface area contributed by atoms with Gasteiger partial charge in [-0.05, 0) is 32.1 Å². The third-order valence-corrected chi connectivity index (χ3v) is 6.01. The number of carbonyl (C=O) groups excluding carboxylic acids is 2. The molecule has 1 aliphatic carbocycles. The molecule has 1 saturated carbocycles. The van der Waals surface area contributed by atoms with Crippen LogP contribution in [0.4, 0.5) is 0 Å². The standard InChI is InChI=1S/C18H25N3O3S/c1-11(25-3)16(22)19-9-12-8-14-15(20-17(12)24-2)10-21(18(14)23)13-6-4-5-7-13/h8,11,13H,4-7,9-10H2,1-3H3,(H,19,22). The zero-order valence-corrected chi connectivity index (χ0v) is 15.8. The van der Waals surface area contributed by atoms with E-state index in [0.717, 1.165) is 24.1 Å². The van der Waals surface area contributed by atoms with Crippen molar-refractivity contribution in [3.05, 3.63) is 22.9 Å². The van der Waals surface area contributed by atoms with Crippen molar-refractivity contribution in [2.24, 2.45) is 0 Å². The Hall–Kier alpha value is -1.76. The van der Waals surface area contributed by atoms with Crippen LogP contribution in [0, 0.1) is 0 Å². The molecular weight excluding hydrogens is 338 g/mol. The summed E-state index contributed by atoms with van der Waals surface area (Å²) in [5.41, 5.74) is 2.17. The highest BCUT2D eigenvalue weighted by molar-refractivity contribution is 7.99. The number of carbonyl (C=O) groups is 2. The second-order valence-corrected chi connectivity index (χ2v) is 7.80. The average molecular weight is 363 g/mol. The molecular formula is C18H25N3O3S. The van der Waals surface area contributed by atoms with Gasteiger partial charge in [-0.1, -0.05) is 12.8 Å². The Labute approximate surface area is 152 Å². The lowest BCUT2D eigenvalue weighted by Crippen LogP contribution is -2.33. The molecule has 1 fully saturated rings. The Bertz CT molecular complexity index is 674. The smallest absolute Gasteiger partial charge is 0.256 e. The predicted octanol–water partition coefficient (Wildman–Crippen LogP) is 2.36. The molecule has 1 aliphatic heterocycles. The van der Waals surface area contributed by atoms with Crippen LogP contribution in [0.15, 0.2) is 6.07 Å². The minimum atomic E-state index is -0.118. The number of rotatable bonds is 6. The van der Waals surface area contributed by atoms with Crippen LogP contribution in [0.25, 0.3) is 0 Å². The molecule has 1 atom stereocenters. The molecule has 2 heterocycles. The van der Waals surface area contributed by atoms with Crippen LogP contribution >= 0.6 is 11.8 Å². The highest BCUT2D eigenvalue weighted by Crippen LogP contribution is 2.33. The second kappa shape index (κ2) is 7.64. The second-order valence-electron chi connectivity index (χ2n) is 6.62. The molecule has 1 N–H and O–H groups in total. The Balaban J connectivity index is 1.78. The van der Waals surface area contributed by atoms with Gasteiger partial charge in [0.05, 0.1) is 30.2 Å². The van der Waals surface area contributed by atoms with E-state index in [9.17, 15) is 9.59 Å². The van der Waals surface area contributed by atoms with Crippen LogP contribution in [-0.4, -0.2) is 46.4 Å².